The minimum atomic E-state index is -0.442. The molecule has 8 nitrogen and oxygen atoms in total. The number of ether oxygens (including phenoxy) is 1. The third-order valence-corrected chi connectivity index (χ3v) is 4.45. The predicted molar refractivity (Wildman–Crippen MR) is 109 cm³/mol. The van der Waals surface area contributed by atoms with Crippen LogP contribution in [0.2, 0.25) is 15.1 Å². The fourth-order valence-electron chi connectivity index (χ4n) is 2.08. The average molecular weight is 449 g/mol. The van der Waals surface area contributed by atoms with Gasteiger partial charge in [0.05, 0.1) is 15.1 Å². The van der Waals surface area contributed by atoms with Gasteiger partial charge in [-0.1, -0.05) is 34.8 Å². The Hall–Kier alpha value is -2.00. The zero-order valence-electron chi connectivity index (χ0n) is 15.3. The molecule has 0 saturated heterocycles. The van der Waals surface area contributed by atoms with Crippen molar-refractivity contribution in [3.8, 4) is 5.75 Å². The number of carbonyl (C=O) groups is 2. The van der Waals surface area contributed by atoms with Gasteiger partial charge in [0.15, 0.2) is 12.4 Å². The lowest BCUT2D eigenvalue weighted by molar-refractivity contribution is -0.121. The Labute approximate surface area is 177 Å². The number of hydrogen-bond acceptors (Lipinski definition) is 5. The van der Waals surface area contributed by atoms with Gasteiger partial charge in [0.25, 0.3) is 5.91 Å². The lowest BCUT2D eigenvalue weighted by atomic mass is 10.3. The third kappa shape index (κ3) is 7.20. The molecule has 0 spiro atoms. The molecule has 11 heteroatoms. The molecule has 1 aromatic carbocycles. The van der Waals surface area contributed by atoms with Gasteiger partial charge in [-0.3, -0.25) is 14.3 Å². The monoisotopic (exact) mass is 447 g/mol. The maximum Gasteiger partial charge on any atom is 0.263 e. The second kappa shape index (κ2) is 10.5. The number of rotatable bonds is 9. The first-order valence-corrected chi connectivity index (χ1v) is 9.40. The molecule has 2 aromatic rings. The summed E-state index contributed by atoms with van der Waals surface area (Å²) >= 11 is 17.7. The van der Waals surface area contributed by atoms with E-state index in [9.17, 15) is 9.59 Å². The largest absolute Gasteiger partial charge is 0.482 e. The van der Waals surface area contributed by atoms with Gasteiger partial charge in [-0.05, 0) is 20.2 Å². The molecule has 1 aromatic heterocycles. The molecule has 28 heavy (non-hydrogen) atoms. The summed E-state index contributed by atoms with van der Waals surface area (Å²) in [5, 5.41) is 10.3. The molecule has 2 N–H and O–H groups in total. The van der Waals surface area contributed by atoms with Crippen molar-refractivity contribution in [2.24, 2.45) is 0 Å². The summed E-state index contributed by atoms with van der Waals surface area (Å²) in [6.07, 6.45) is 1.60. The number of amides is 2. The van der Waals surface area contributed by atoms with Gasteiger partial charge in [-0.2, -0.15) is 5.10 Å². The zero-order chi connectivity index (χ0) is 20.7. The van der Waals surface area contributed by atoms with Crippen LogP contribution >= 0.6 is 34.8 Å². The molecule has 0 aliphatic heterocycles. The van der Waals surface area contributed by atoms with Crippen LogP contribution in [0.1, 0.15) is 0 Å². The van der Waals surface area contributed by atoms with E-state index in [1.165, 1.54) is 16.8 Å². The molecule has 0 radical (unpaired) electrons. The lowest BCUT2D eigenvalue weighted by Crippen LogP contribution is -2.33. The number of halogens is 3. The van der Waals surface area contributed by atoms with Crippen LogP contribution < -0.4 is 15.4 Å². The molecule has 0 unspecified atom stereocenters. The van der Waals surface area contributed by atoms with Crippen molar-refractivity contribution in [3.63, 3.8) is 0 Å². The Balaban J connectivity index is 1.80. The van der Waals surface area contributed by atoms with Gasteiger partial charge in [0.2, 0.25) is 5.91 Å². The van der Waals surface area contributed by atoms with Crippen LogP contribution in [0.15, 0.2) is 24.4 Å². The van der Waals surface area contributed by atoms with Gasteiger partial charge in [-0.25, -0.2) is 0 Å². The Bertz CT molecular complexity index is 841. The van der Waals surface area contributed by atoms with E-state index >= 15 is 0 Å². The van der Waals surface area contributed by atoms with Crippen molar-refractivity contribution < 1.29 is 14.3 Å². The highest BCUT2D eigenvalue weighted by Gasteiger charge is 2.11. The molecular weight excluding hydrogens is 429 g/mol. The number of benzene rings is 1. The fraction of sp³-hybridized carbons (Fsp3) is 0.353. The molecule has 0 saturated carbocycles. The molecule has 0 aliphatic rings. The van der Waals surface area contributed by atoms with Crippen LogP contribution in [0.25, 0.3) is 0 Å². The van der Waals surface area contributed by atoms with Crippen molar-refractivity contribution in [2.75, 3.05) is 39.1 Å². The first-order chi connectivity index (χ1) is 13.2. The number of likely N-dealkylation sites (N-methyl/N-ethyl adjacent to an activating group) is 1. The number of carbonyl (C=O) groups excluding carboxylic acids is 2. The van der Waals surface area contributed by atoms with Crippen molar-refractivity contribution >= 4 is 52.4 Å². The Kier molecular flexibility index (Phi) is 8.37. The van der Waals surface area contributed by atoms with E-state index in [1.54, 1.807) is 12.3 Å². The molecule has 0 atom stereocenters. The highest BCUT2D eigenvalue weighted by Crippen LogP contribution is 2.33. The molecule has 0 fully saturated rings. The van der Waals surface area contributed by atoms with Gasteiger partial charge in [-0.15, -0.1) is 0 Å². The third-order valence-electron chi connectivity index (χ3n) is 3.43. The summed E-state index contributed by atoms with van der Waals surface area (Å²) in [5.74, 6) is -0.0655. The summed E-state index contributed by atoms with van der Waals surface area (Å²) < 4.78 is 6.78. The number of nitrogens with zero attached hydrogens (tertiary/aromatic N) is 3. The second-order valence-corrected chi connectivity index (χ2v) is 7.31. The van der Waals surface area contributed by atoms with Crippen molar-refractivity contribution in [1.82, 2.24) is 20.0 Å². The molecule has 0 bridgehead atoms. The molecular formula is C17H20Cl3N5O3. The average Bonchev–Trinajstić information content (AvgIpc) is 3.03. The first kappa shape index (κ1) is 22.3. The fourth-order valence-corrected chi connectivity index (χ4v) is 2.67. The van der Waals surface area contributed by atoms with Crippen molar-refractivity contribution in [1.29, 1.82) is 0 Å². The van der Waals surface area contributed by atoms with E-state index in [2.05, 4.69) is 15.7 Å². The summed E-state index contributed by atoms with van der Waals surface area (Å²) in [6.45, 7) is 1.05. The van der Waals surface area contributed by atoms with Crippen LogP contribution in [-0.4, -0.2) is 60.3 Å². The topological polar surface area (TPSA) is 88.5 Å². The van der Waals surface area contributed by atoms with Gasteiger partial charge < -0.3 is 20.3 Å². The summed E-state index contributed by atoms with van der Waals surface area (Å²) in [6, 6.07) is 4.45. The van der Waals surface area contributed by atoms with Crippen LogP contribution in [0, 0.1) is 0 Å². The number of hydrogen-bond donors (Lipinski definition) is 2. The van der Waals surface area contributed by atoms with Crippen molar-refractivity contribution in [2.45, 2.75) is 6.54 Å². The quantitative estimate of drug-likeness (QED) is 0.576. The SMILES string of the molecule is CN(C)CCNC(=O)Cn1ccc(NC(=O)COc2cc(Cl)c(Cl)cc2Cl)n1. The molecule has 1 heterocycles. The molecule has 0 aliphatic carbocycles. The van der Waals surface area contributed by atoms with Crippen LogP contribution in [0.4, 0.5) is 5.82 Å². The van der Waals surface area contributed by atoms with E-state index in [0.29, 0.717) is 17.4 Å². The minimum Gasteiger partial charge on any atom is -0.482 e. The maximum absolute atomic E-state index is 12.0. The normalized spacial score (nSPS) is 10.8. The number of nitrogens with one attached hydrogen (secondary N) is 2. The molecule has 2 rings (SSSR count). The van der Waals surface area contributed by atoms with E-state index in [-0.39, 0.29) is 34.9 Å². The predicted octanol–water partition coefficient (Wildman–Crippen LogP) is 2.54. The first-order valence-electron chi connectivity index (χ1n) is 8.26. The number of anilines is 1. The standard InChI is InChI=1S/C17H20Cl3N5O3/c1-24(2)6-4-21-16(26)9-25-5-3-15(23-25)22-17(27)10-28-14-8-12(19)11(18)7-13(14)20/h3,5,7-8H,4,6,9-10H2,1-2H3,(H,21,26)(H,22,23,27). The highest BCUT2D eigenvalue weighted by atomic mass is 35.5. The Morgan fingerprint density at radius 1 is 1.14 bits per heavy atom. The lowest BCUT2D eigenvalue weighted by Gasteiger charge is -2.10. The summed E-state index contributed by atoms with van der Waals surface area (Å²) in [7, 11) is 3.85. The van der Waals surface area contributed by atoms with Gasteiger partial charge in [0.1, 0.15) is 12.3 Å². The smallest absolute Gasteiger partial charge is 0.263 e. The van der Waals surface area contributed by atoms with E-state index in [4.69, 9.17) is 39.5 Å². The van der Waals surface area contributed by atoms with Crippen LogP contribution in [0.5, 0.6) is 5.75 Å². The van der Waals surface area contributed by atoms with E-state index in [0.717, 1.165) is 6.54 Å². The van der Waals surface area contributed by atoms with Crippen LogP contribution in [-0.2, 0) is 16.1 Å². The highest BCUT2D eigenvalue weighted by molar-refractivity contribution is 6.43. The molecule has 152 valence electrons. The molecule has 2 amide bonds. The zero-order valence-corrected chi connectivity index (χ0v) is 17.6. The summed E-state index contributed by atoms with van der Waals surface area (Å²) in [4.78, 5) is 25.8. The second-order valence-electron chi connectivity index (χ2n) is 6.09. The van der Waals surface area contributed by atoms with Gasteiger partial charge in [0, 0.05) is 31.4 Å². The minimum absolute atomic E-state index is 0.0542. The van der Waals surface area contributed by atoms with E-state index < -0.39 is 5.91 Å². The van der Waals surface area contributed by atoms with E-state index in [1.807, 2.05) is 19.0 Å². The summed E-state index contributed by atoms with van der Waals surface area (Å²) in [5.41, 5.74) is 0. The van der Waals surface area contributed by atoms with Crippen molar-refractivity contribution in [3.05, 3.63) is 39.5 Å². The van der Waals surface area contributed by atoms with Crippen LogP contribution in [0.3, 0.4) is 0 Å². The Morgan fingerprint density at radius 2 is 1.86 bits per heavy atom. The van der Waals surface area contributed by atoms with Gasteiger partial charge >= 0.3 is 0 Å². The Morgan fingerprint density at radius 3 is 2.57 bits per heavy atom. The maximum atomic E-state index is 12.0. The number of aromatic nitrogens is 2.